The molecule has 0 atom stereocenters. The van der Waals surface area contributed by atoms with E-state index in [-0.39, 0.29) is 5.91 Å². The molecule has 0 bridgehead atoms. The van der Waals surface area contributed by atoms with Crippen LogP contribution in [0, 0.1) is 0 Å². The summed E-state index contributed by atoms with van der Waals surface area (Å²) in [7, 11) is 0. The number of aliphatic carboxylic acids is 3. The number of carboxylic acids is 3. The standard InChI is InChI=1S/C19H31N5O.3C2HF3O2/c20-9-5-12-21-10-3-4-11-22-13-6-14-23-19(25)18-15-16-7-1-2-8-17(16)24-18;3*3-2(4,5)1(6)7/h1-2,7-8,15,21-22,24H,3-6,9-14,20H2,(H,23,25);3*(H,6,7). The number of alkyl halides is 9. The molecule has 1 aromatic carbocycles. The van der Waals surface area contributed by atoms with Crippen molar-refractivity contribution in [3.8, 4) is 0 Å². The van der Waals surface area contributed by atoms with Gasteiger partial charge in [-0.1, -0.05) is 18.2 Å². The van der Waals surface area contributed by atoms with Crippen molar-refractivity contribution in [1.82, 2.24) is 20.9 Å². The number of unbranched alkanes of at least 4 members (excludes halogenated alkanes) is 1. The number of amides is 1. The number of carboxylic acid groups (broad SMARTS) is 3. The number of H-pyrrole nitrogens is 1. The number of hydrogen-bond acceptors (Lipinski definition) is 7. The van der Waals surface area contributed by atoms with E-state index in [1.54, 1.807) is 0 Å². The minimum atomic E-state index is -5.08. The van der Waals surface area contributed by atoms with Gasteiger partial charge >= 0.3 is 36.4 Å². The lowest BCUT2D eigenvalue weighted by molar-refractivity contribution is -0.193. The van der Waals surface area contributed by atoms with E-state index in [1.807, 2.05) is 30.3 Å². The molecule has 9 N–H and O–H groups in total. The normalized spacial score (nSPS) is 11.2. The molecule has 0 unspecified atom stereocenters. The Morgan fingerprint density at radius 2 is 1.04 bits per heavy atom. The molecular weight excluding hydrogens is 653 g/mol. The molecule has 12 nitrogen and oxygen atoms in total. The lowest BCUT2D eigenvalue weighted by Gasteiger charge is -2.07. The Bertz CT molecular complexity index is 1100. The van der Waals surface area contributed by atoms with Crippen LogP contribution in [-0.4, -0.2) is 102 Å². The van der Waals surface area contributed by atoms with Gasteiger partial charge < -0.3 is 42.0 Å². The second-order valence-corrected chi connectivity index (χ2v) is 8.64. The number of halogens is 9. The van der Waals surface area contributed by atoms with Gasteiger partial charge in [-0.15, -0.1) is 0 Å². The van der Waals surface area contributed by atoms with Crippen LogP contribution in [0.25, 0.3) is 10.9 Å². The molecule has 0 radical (unpaired) electrons. The van der Waals surface area contributed by atoms with Crippen molar-refractivity contribution in [2.75, 3.05) is 39.3 Å². The molecule has 46 heavy (non-hydrogen) atoms. The van der Waals surface area contributed by atoms with Crippen molar-refractivity contribution in [2.24, 2.45) is 5.73 Å². The Kier molecular flexibility index (Phi) is 21.4. The van der Waals surface area contributed by atoms with Crippen LogP contribution in [0.5, 0.6) is 0 Å². The highest BCUT2D eigenvalue weighted by Crippen LogP contribution is 2.15. The van der Waals surface area contributed by atoms with Gasteiger partial charge in [0.1, 0.15) is 5.69 Å². The first-order valence-corrected chi connectivity index (χ1v) is 13.0. The molecule has 1 heterocycles. The quantitative estimate of drug-likeness (QED) is 0.114. The summed E-state index contributed by atoms with van der Waals surface area (Å²) in [5, 5.41) is 32.2. The van der Waals surface area contributed by atoms with Crippen molar-refractivity contribution in [3.05, 3.63) is 36.0 Å². The zero-order valence-corrected chi connectivity index (χ0v) is 23.9. The summed E-state index contributed by atoms with van der Waals surface area (Å²) in [6.45, 7) is 5.46. The first-order valence-electron chi connectivity index (χ1n) is 13.0. The summed E-state index contributed by atoms with van der Waals surface area (Å²) in [4.78, 5) is 42.0. The van der Waals surface area contributed by atoms with Gasteiger partial charge in [0.15, 0.2) is 0 Å². The minimum Gasteiger partial charge on any atom is -0.475 e. The maximum atomic E-state index is 12.1. The van der Waals surface area contributed by atoms with Crippen molar-refractivity contribution in [1.29, 1.82) is 0 Å². The summed E-state index contributed by atoms with van der Waals surface area (Å²) < 4.78 is 95.2. The number of benzene rings is 1. The summed E-state index contributed by atoms with van der Waals surface area (Å²) >= 11 is 0. The van der Waals surface area contributed by atoms with E-state index in [9.17, 15) is 44.3 Å². The Labute approximate surface area is 255 Å². The van der Waals surface area contributed by atoms with Crippen LogP contribution in [0.3, 0.4) is 0 Å². The molecule has 0 aliphatic heterocycles. The second kappa shape index (κ2) is 22.4. The molecule has 0 spiro atoms. The lowest BCUT2D eigenvalue weighted by Crippen LogP contribution is -2.28. The first kappa shape index (κ1) is 44.0. The Morgan fingerprint density at radius 3 is 1.43 bits per heavy atom. The van der Waals surface area contributed by atoms with Gasteiger partial charge in [-0.3, -0.25) is 4.79 Å². The molecule has 1 aromatic heterocycles. The number of aromatic amines is 1. The number of rotatable bonds is 13. The molecular formula is C25H34F9N5O7. The van der Waals surface area contributed by atoms with Crippen LogP contribution in [0.1, 0.15) is 36.2 Å². The average Bonchev–Trinajstić information content (AvgIpc) is 3.38. The third kappa shape index (κ3) is 23.3. The van der Waals surface area contributed by atoms with E-state index < -0.39 is 36.4 Å². The Balaban J connectivity index is 0. The number of aromatic nitrogens is 1. The number of hydrogen-bond donors (Lipinski definition) is 8. The predicted molar refractivity (Wildman–Crippen MR) is 145 cm³/mol. The van der Waals surface area contributed by atoms with E-state index >= 15 is 0 Å². The van der Waals surface area contributed by atoms with Crippen LogP contribution < -0.4 is 21.7 Å². The van der Waals surface area contributed by atoms with Crippen molar-refractivity contribution < 1.29 is 74.0 Å². The van der Waals surface area contributed by atoms with Crippen LogP contribution in [-0.2, 0) is 14.4 Å². The third-order valence-electron chi connectivity index (χ3n) is 4.83. The monoisotopic (exact) mass is 687 g/mol. The minimum absolute atomic E-state index is 0.0419. The van der Waals surface area contributed by atoms with Gasteiger partial charge in [-0.05, 0) is 70.5 Å². The summed E-state index contributed by atoms with van der Waals surface area (Å²) in [6, 6.07) is 9.80. The van der Waals surface area contributed by atoms with Crippen LogP contribution in [0.2, 0.25) is 0 Å². The fourth-order valence-corrected chi connectivity index (χ4v) is 2.68. The summed E-state index contributed by atoms with van der Waals surface area (Å²) in [5.41, 5.74) is 7.05. The molecule has 0 aliphatic carbocycles. The molecule has 2 rings (SSSR count). The van der Waals surface area contributed by atoms with E-state index in [0.717, 1.165) is 62.9 Å². The zero-order valence-electron chi connectivity index (χ0n) is 23.9. The van der Waals surface area contributed by atoms with E-state index in [2.05, 4.69) is 20.9 Å². The van der Waals surface area contributed by atoms with Crippen LogP contribution in [0.4, 0.5) is 39.5 Å². The third-order valence-corrected chi connectivity index (χ3v) is 4.83. The molecule has 0 fully saturated rings. The maximum absolute atomic E-state index is 12.1. The Morgan fingerprint density at radius 1 is 0.652 bits per heavy atom. The first-order chi connectivity index (χ1) is 21.1. The number of carbonyl (C=O) groups excluding carboxylic acids is 1. The van der Waals surface area contributed by atoms with Gasteiger partial charge in [-0.25, -0.2) is 14.4 Å². The molecule has 0 aliphatic rings. The van der Waals surface area contributed by atoms with E-state index in [1.165, 1.54) is 6.42 Å². The molecule has 0 saturated carbocycles. The largest absolute Gasteiger partial charge is 0.490 e. The molecule has 264 valence electrons. The maximum Gasteiger partial charge on any atom is 0.490 e. The molecule has 1 amide bonds. The SMILES string of the molecule is NCCCNCCCCNCCCNC(=O)c1cc2ccccc2[nH]1.O=C(O)C(F)(F)F.O=C(O)C(F)(F)F.O=C(O)C(F)(F)F. The van der Waals surface area contributed by atoms with Gasteiger partial charge in [0.25, 0.3) is 5.91 Å². The van der Waals surface area contributed by atoms with E-state index in [0.29, 0.717) is 12.2 Å². The molecule has 0 saturated heterocycles. The molecule has 2 aromatic rings. The number of carbonyl (C=O) groups is 4. The number of para-hydroxylation sites is 1. The van der Waals surface area contributed by atoms with Crippen LogP contribution in [0.15, 0.2) is 30.3 Å². The topological polar surface area (TPSA) is 207 Å². The van der Waals surface area contributed by atoms with Crippen molar-refractivity contribution >= 4 is 34.7 Å². The zero-order chi connectivity index (χ0) is 36.0. The van der Waals surface area contributed by atoms with Gasteiger partial charge in [-0.2, -0.15) is 39.5 Å². The van der Waals surface area contributed by atoms with Crippen molar-refractivity contribution in [2.45, 2.75) is 44.2 Å². The fourth-order valence-electron chi connectivity index (χ4n) is 2.68. The highest BCUT2D eigenvalue weighted by atomic mass is 19.4. The second-order valence-electron chi connectivity index (χ2n) is 8.64. The van der Waals surface area contributed by atoms with Gasteiger partial charge in [0.05, 0.1) is 0 Å². The fraction of sp³-hybridized carbons (Fsp3) is 0.520. The Hall–Kier alpha value is -4.11. The summed E-state index contributed by atoms with van der Waals surface area (Å²) in [6.07, 6.45) is -10.9. The number of nitrogens with one attached hydrogen (secondary N) is 4. The predicted octanol–water partition coefficient (Wildman–Crippen LogP) is 3.50. The smallest absolute Gasteiger partial charge is 0.475 e. The van der Waals surface area contributed by atoms with E-state index in [4.69, 9.17) is 35.4 Å². The highest BCUT2D eigenvalue weighted by molar-refractivity contribution is 5.97. The summed E-state index contributed by atoms with van der Waals surface area (Å²) in [5.74, 6) is -8.31. The van der Waals surface area contributed by atoms with Crippen LogP contribution >= 0.6 is 0 Å². The number of fused-ring (bicyclic) bond motifs is 1. The number of nitrogens with two attached hydrogens (primary N) is 1. The lowest BCUT2D eigenvalue weighted by atomic mass is 10.2. The van der Waals surface area contributed by atoms with Crippen molar-refractivity contribution in [3.63, 3.8) is 0 Å². The van der Waals surface area contributed by atoms with Gasteiger partial charge in [0, 0.05) is 17.4 Å². The average molecular weight is 688 g/mol. The van der Waals surface area contributed by atoms with Gasteiger partial charge in [0.2, 0.25) is 0 Å². The molecule has 21 heteroatoms. The highest BCUT2D eigenvalue weighted by Gasteiger charge is 2.39.